The number of rotatable bonds is 2. The smallest absolute Gasteiger partial charge is 0.256 e. The molecule has 2 N–H and O–H groups in total. The molecule has 4 heteroatoms. The number of hydrogen-bond donors (Lipinski definition) is 1. The molecule has 2 saturated heterocycles. The van der Waals surface area contributed by atoms with Crippen LogP contribution < -0.4 is 5.73 Å². The van der Waals surface area contributed by atoms with Crippen molar-refractivity contribution in [1.82, 2.24) is 0 Å². The lowest BCUT2D eigenvalue weighted by Crippen LogP contribution is -2.53. The Balaban J connectivity index is 2.09. The molecule has 0 aromatic rings. The fraction of sp³-hybridized carbons (Fsp3) is 1.00. The average molecular weight is 191 g/mol. The Morgan fingerprint density at radius 2 is 2.15 bits per heavy atom. The minimum absolute atomic E-state index is 0.0194. The van der Waals surface area contributed by atoms with E-state index in [4.69, 9.17) is 10.5 Å². The highest BCUT2D eigenvalue weighted by Gasteiger charge is 2.51. The van der Waals surface area contributed by atoms with Crippen molar-refractivity contribution >= 4 is 0 Å². The first kappa shape index (κ1) is 9.34. The van der Waals surface area contributed by atoms with Crippen molar-refractivity contribution in [3.05, 3.63) is 0 Å². The summed E-state index contributed by atoms with van der Waals surface area (Å²) in [5.74, 6) is -0.161. The molecule has 4 atom stereocenters. The summed E-state index contributed by atoms with van der Waals surface area (Å²) >= 11 is 0. The van der Waals surface area contributed by atoms with Gasteiger partial charge in [0.05, 0.1) is 17.7 Å². The Morgan fingerprint density at radius 1 is 1.46 bits per heavy atom. The molecule has 13 heavy (non-hydrogen) atoms. The normalized spacial score (nSPS) is 42.7. The van der Waals surface area contributed by atoms with Gasteiger partial charge in [0.2, 0.25) is 0 Å². The lowest BCUT2D eigenvalue weighted by Gasteiger charge is -2.34. The molecule has 2 bridgehead atoms. The third-order valence-electron chi connectivity index (χ3n) is 3.38. The van der Waals surface area contributed by atoms with Gasteiger partial charge in [0, 0.05) is 5.92 Å². The average Bonchev–Trinajstić information content (AvgIpc) is 2.63. The summed E-state index contributed by atoms with van der Waals surface area (Å²) in [5.41, 5.74) is 4.25. The van der Waals surface area contributed by atoms with Crippen LogP contribution in [0.25, 0.3) is 0 Å². The molecule has 2 aliphatic rings. The Bertz CT molecular complexity index is 208. The second kappa shape index (κ2) is 2.89. The maximum Gasteiger partial charge on any atom is 0.256 e. The summed E-state index contributed by atoms with van der Waals surface area (Å²) in [6.45, 7) is 1.44. The van der Waals surface area contributed by atoms with Gasteiger partial charge in [-0.05, 0) is 26.2 Å². The third kappa shape index (κ3) is 1.36. The van der Waals surface area contributed by atoms with Crippen molar-refractivity contribution in [3.63, 3.8) is 0 Å². The highest BCUT2D eigenvalue weighted by atomic mass is 19.3. The molecule has 2 aliphatic heterocycles. The fourth-order valence-electron chi connectivity index (χ4n) is 2.45. The largest absolute Gasteiger partial charge is 0.375 e. The van der Waals surface area contributed by atoms with E-state index < -0.39 is 12.0 Å². The molecule has 2 fully saturated rings. The highest BCUT2D eigenvalue weighted by Crippen LogP contribution is 2.44. The minimum atomic E-state index is -2.46. The molecule has 0 spiro atoms. The molecule has 0 aliphatic carbocycles. The van der Waals surface area contributed by atoms with Crippen molar-refractivity contribution in [1.29, 1.82) is 0 Å². The van der Waals surface area contributed by atoms with E-state index in [0.717, 1.165) is 12.8 Å². The Labute approximate surface area is 76.4 Å². The van der Waals surface area contributed by atoms with Crippen molar-refractivity contribution < 1.29 is 13.5 Å². The summed E-state index contributed by atoms with van der Waals surface area (Å²) in [6.07, 6.45) is 0.336. The first-order chi connectivity index (χ1) is 6.01. The van der Waals surface area contributed by atoms with Crippen LogP contribution in [0.3, 0.4) is 0 Å². The molecule has 76 valence electrons. The van der Waals surface area contributed by atoms with Gasteiger partial charge < -0.3 is 10.5 Å². The molecule has 0 aromatic heterocycles. The lowest BCUT2D eigenvalue weighted by molar-refractivity contribution is 0.00168. The summed E-state index contributed by atoms with van der Waals surface area (Å²) in [7, 11) is 0. The first-order valence-corrected chi connectivity index (χ1v) is 4.74. The molecular weight excluding hydrogens is 176 g/mol. The maximum atomic E-state index is 12.6. The van der Waals surface area contributed by atoms with Crippen LogP contribution in [-0.4, -0.2) is 24.2 Å². The number of alkyl halides is 2. The number of hydrogen-bond acceptors (Lipinski definition) is 2. The molecule has 0 amide bonds. The summed E-state index contributed by atoms with van der Waals surface area (Å²) in [5, 5.41) is 0. The van der Waals surface area contributed by atoms with Gasteiger partial charge in [0.15, 0.2) is 0 Å². The quantitative estimate of drug-likeness (QED) is 0.718. The van der Waals surface area contributed by atoms with Crippen LogP contribution in [0, 0.1) is 5.92 Å². The summed E-state index contributed by atoms with van der Waals surface area (Å²) < 4.78 is 30.7. The number of nitrogens with two attached hydrogens (primary N) is 1. The predicted molar refractivity (Wildman–Crippen MR) is 44.6 cm³/mol. The van der Waals surface area contributed by atoms with Crippen LogP contribution in [0.15, 0.2) is 0 Å². The second-order valence-corrected chi connectivity index (χ2v) is 4.38. The Morgan fingerprint density at radius 3 is 2.54 bits per heavy atom. The molecule has 2 heterocycles. The van der Waals surface area contributed by atoms with Gasteiger partial charge in [-0.15, -0.1) is 0 Å². The molecule has 0 aromatic carbocycles. The van der Waals surface area contributed by atoms with E-state index >= 15 is 0 Å². The standard InChI is InChI=1S/C9H15F2NO/c1-9(12,8(10)11)6-4-5-2-3-7(6)13-5/h5-8H,2-4,12H2,1H3. The van der Waals surface area contributed by atoms with E-state index in [9.17, 15) is 8.78 Å². The van der Waals surface area contributed by atoms with Crippen molar-refractivity contribution in [2.45, 2.75) is 50.4 Å². The van der Waals surface area contributed by atoms with Gasteiger partial charge in [-0.3, -0.25) is 0 Å². The third-order valence-corrected chi connectivity index (χ3v) is 3.38. The van der Waals surface area contributed by atoms with Crippen molar-refractivity contribution in [2.75, 3.05) is 0 Å². The summed E-state index contributed by atoms with van der Waals surface area (Å²) in [4.78, 5) is 0. The van der Waals surface area contributed by atoms with Gasteiger partial charge in [0.1, 0.15) is 0 Å². The minimum Gasteiger partial charge on any atom is -0.375 e. The van der Waals surface area contributed by atoms with Crippen molar-refractivity contribution in [3.8, 4) is 0 Å². The zero-order chi connectivity index (χ0) is 9.64. The SMILES string of the molecule is CC(N)(C(F)F)C1CC2CCC1O2. The van der Waals surface area contributed by atoms with Gasteiger partial charge in [-0.1, -0.05) is 0 Å². The van der Waals surface area contributed by atoms with Crippen LogP contribution in [-0.2, 0) is 4.74 Å². The van der Waals surface area contributed by atoms with Crippen LogP contribution in [0.4, 0.5) is 8.78 Å². The van der Waals surface area contributed by atoms with Crippen LogP contribution in [0.2, 0.25) is 0 Å². The monoisotopic (exact) mass is 191 g/mol. The number of fused-ring (bicyclic) bond motifs is 2. The van der Waals surface area contributed by atoms with E-state index in [0.29, 0.717) is 6.42 Å². The van der Waals surface area contributed by atoms with Gasteiger partial charge >= 0.3 is 0 Å². The van der Waals surface area contributed by atoms with Gasteiger partial charge in [0.25, 0.3) is 6.43 Å². The topological polar surface area (TPSA) is 35.2 Å². The second-order valence-electron chi connectivity index (χ2n) is 4.38. The van der Waals surface area contributed by atoms with E-state index in [1.165, 1.54) is 6.92 Å². The predicted octanol–water partition coefficient (Wildman–Crippen LogP) is 1.54. The highest BCUT2D eigenvalue weighted by molar-refractivity contribution is 5.01. The van der Waals surface area contributed by atoms with E-state index in [1.807, 2.05) is 0 Å². The molecule has 0 radical (unpaired) electrons. The van der Waals surface area contributed by atoms with E-state index in [1.54, 1.807) is 0 Å². The molecular formula is C9H15F2NO. The maximum absolute atomic E-state index is 12.6. The summed E-state index contributed by atoms with van der Waals surface area (Å²) in [6, 6.07) is 0. The first-order valence-electron chi connectivity index (χ1n) is 4.74. The van der Waals surface area contributed by atoms with Gasteiger partial charge in [-0.25, -0.2) is 8.78 Å². The van der Waals surface area contributed by atoms with Crippen LogP contribution in [0.5, 0.6) is 0 Å². The zero-order valence-electron chi connectivity index (χ0n) is 7.67. The molecule has 2 nitrogen and oxygen atoms in total. The molecule has 4 unspecified atom stereocenters. The lowest BCUT2D eigenvalue weighted by atomic mass is 9.76. The zero-order valence-corrected chi connectivity index (χ0v) is 7.67. The number of halogens is 2. The molecule has 0 saturated carbocycles. The van der Waals surface area contributed by atoms with E-state index in [-0.39, 0.29) is 18.1 Å². The Kier molecular flexibility index (Phi) is 2.07. The number of ether oxygens (including phenoxy) is 1. The van der Waals surface area contributed by atoms with Crippen LogP contribution in [0.1, 0.15) is 26.2 Å². The van der Waals surface area contributed by atoms with Crippen molar-refractivity contribution in [2.24, 2.45) is 11.7 Å². The molecule has 2 rings (SSSR count). The Hall–Kier alpha value is -0.220. The van der Waals surface area contributed by atoms with Crippen LogP contribution >= 0.6 is 0 Å². The van der Waals surface area contributed by atoms with Gasteiger partial charge in [-0.2, -0.15) is 0 Å². The fourth-order valence-corrected chi connectivity index (χ4v) is 2.45. The van der Waals surface area contributed by atoms with E-state index in [2.05, 4.69) is 0 Å².